The van der Waals surface area contributed by atoms with Crippen molar-refractivity contribution in [2.24, 2.45) is 0 Å². The standard InChI is InChI=1S/C19H28N2O5S/c1-14-12-20(13-19(2,3)26-14)18(22)15-7-8-16(25-4)17(11-15)27(23,24)21-9-5-6-10-21/h7-8,11,14H,5-6,9-10,12-13H2,1-4H3. The van der Waals surface area contributed by atoms with Crippen molar-refractivity contribution in [1.29, 1.82) is 0 Å². The van der Waals surface area contributed by atoms with E-state index in [0.717, 1.165) is 12.8 Å². The Bertz CT molecular complexity index is 815. The van der Waals surface area contributed by atoms with Crippen LogP contribution < -0.4 is 4.74 Å². The van der Waals surface area contributed by atoms with Gasteiger partial charge >= 0.3 is 0 Å². The van der Waals surface area contributed by atoms with Gasteiger partial charge in [0, 0.05) is 31.7 Å². The Labute approximate surface area is 161 Å². The first kappa shape index (κ1) is 20.1. The number of benzene rings is 1. The third kappa shape index (κ3) is 4.12. The molecule has 1 atom stereocenters. The summed E-state index contributed by atoms with van der Waals surface area (Å²) in [4.78, 5) is 14.8. The van der Waals surface area contributed by atoms with Gasteiger partial charge in [0.2, 0.25) is 10.0 Å². The molecule has 0 N–H and O–H groups in total. The highest BCUT2D eigenvalue weighted by molar-refractivity contribution is 7.89. The quantitative estimate of drug-likeness (QED) is 0.779. The van der Waals surface area contributed by atoms with Crippen molar-refractivity contribution < 1.29 is 22.7 Å². The van der Waals surface area contributed by atoms with Gasteiger partial charge in [0.25, 0.3) is 5.91 Å². The molecule has 1 aromatic rings. The molecule has 0 radical (unpaired) electrons. The van der Waals surface area contributed by atoms with E-state index in [9.17, 15) is 13.2 Å². The average molecular weight is 397 g/mol. The van der Waals surface area contributed by atoms with Crippen LogP contribution in [0.15, 0.2) is 23.1 Å². The predicted molar refractivity (Wildman–Crippen MR) is 102 cm³/mol. The second kappa shape index (κ2) is 7.41. The molecular formula is C19H28N2O5S. The van der Waals surface area contributed by atoms with Gasteiger partial charge in [-0.25, -0.2) is 8.42 Å². The molecule has 27 heavy (non-hydrogen) atoms. The van der Waals surface area contributed by atoms with Crippen LogP contribution in [0.2, 0.25) is 0 Å². The number of nitrogens with zero attached hydrogens (tertiary/aromatic N) is 2. The molecule has 8 heteroatoms. The number of sulfonamides is 1. The summed E-state index contributed by atoms with van der Waals surface area (Å²) in [5.74, 6) is 0.0628. The van der Waals surface area contributed by atoms with Gasteiger partial charge in [-0.15, -0.1) is 0 Å². The third-order valence-electron chi connectivity index (χ3n) is 4.95. The first-order valence-electron chi connectivity index (χ1n) is 9.29. The SMILES string of the molecule is COc1ccc(C(=O)N2CC(C)OC(C)(C)C2)cc1S(=O)(=O)N1CCCC1. The van der Waals surface area contributed by atoms with Gasteiger partial charge < -0.3 is 14.4 Å². The van der Waals surface area contributed by atoms with Crippen molar-refractivity contribution in [2.45, 2.75) is 50.2 Å². The third-order valence-corrected chi connectivity index (χ3v) is 6.87. The monoisotopic (exact) mass is 396 g/mol. The normalized spacial score (nSPS) is 23.4. The summed E-state index contributed by atoms with van der Waals surface area (Å²) in [5.41, 5.74) is -0.0944. The number of hydrogen-bond acceptors (Lipinski definition) is 5. The molecule has 2 aliphatic rings. The fourth-order valence-electron chi connectivity index (χ4n) is 3.87. The summed E-state index contributed by atoms with van der Waals surface area (Å²) in [6.45, 7) is 7.75. The van der Waals surface area contributed by atoms with Crippen molar-refractivity contribution in [3.8, 4) is 5.75 Å². The topological polar surface area (TPSA) is 76.1 Å². The van der Waals surface area contributed by atoms with E-state index in [1.54, 1.807) is 17.0 Å². The van der Waals surface area contributed by atoms with E-state index in [-0.39, 0.29) is 22.7 Å². The van der Waals surface area contributed by atoms with Crippen LogP contribution in [0.4, 0.5) is 0 Å². The van der Waals surface area contributed by atoms with Crippen molar-refractivity contribution in [1.82, 2.24) is 9.21 Å². The van der Waals surface area contributed by atoms with E-state index in [1.165, 1.54) is 17.5 Å². The number of rotatable bonds is 4. The molecule has 1 aromatic carbocycles. The lowest BCUT2D eigenvalue weighted by Crippen LogP contribution is -2.53. The Kier molecular flexibility index (Phi) is 5.52. The van der Waals surface area contributed by atoms with Crippen LogP contribution >= 0.6 is 0 Å². The van der Waals surface area contributed by atoms with E-state index < -0.39 is 15.6 Å². The Morgan fingerprint density at radius 2 is 1.93 bits per heavy atom. The van der Waals surface area contributed by atoms with Crippen LogP contribution in [-0.2, 0) is 14.8 Å². The van der Waals surface area contributed by atoms with Crippen LogP contribution in [-0.4, -0.2) is 68.5 Å². The van der Waals surface area contributed by atoms with Gasteiger partial charge in [-0.05, 0) is 51.8 Å². The van der Waals surface area contributed by atoms with Gasteiger partial charge in [0.05, 0.1) is 18.8 Å². The van der Waals surface area contributed by atoms with E-state index in [4.69, 9.17) is 9.47 Å². The maximum Gasteiger partial charge on any atom is 0.254 e. The Morgan fingerprint density at radius 1 is 1.26 bits per heavy atom. The summed E-state index contributed by atoms with van der Waals surface area (Å²) in [6, 6.07) is 4.63. The zero-order chi connectivity index (χ0) is 19.8. The first-order valence-corrected chi connectivity index (χ1v) is 10.7. The van der Waals surface area contributed by atoms with E-state index >= 15 is 0 Å². The van der Waals surface area contributed by atoms with Gasteiger partial charge in [-0.3, -0.25) is 4.79 Å². The summed E-state index contributed by atoms with van der Waals surface area (Å²) < 4.78 is 38.6. The van der Waals surface area contributed by atoms with Gasteiger partial charge in [-0.2, -0.15) is 4.31 Å². The predicted octanol–water partition coefficient (Wildman–Crippen LogP) is 2.12. The highest BCUT2D eigenvalue weighted by Crippen LogP contribution is 2.31. The molecule has 150 valence electrons. The van der Waals surface area contributed by atoms with Crippen molar-refractivity contribution in [2.75, 3.05) is 33.3 Å². The minimum atomic E-state index is -3.69. The van der Waals surface area contributed by atoms with E-state index in [1.807, 2.05) is 20.8 Å². The number of morpholine rings is 1. The van der Waals surface area contributed by atoms with Crippen LogP contribution in [0.3, 0.4) is 0 Å². The van der Waals surface area contributed by atoms with Crippen LogP contribution in [0.25, 0.3) is 0 Å². The summed E-state index contributed by atoms with van der Waals surface area (Å²) in [7, 11) is -2.25. The second-order valence-electron chi connectivity index (χ2n) is 7.85. The first-order chi connectivity index (χ1) is 12.6. The second-order valence-corrected chi connectivity index (χ2v) is 9.76. The van der Waals surface area contributed by atoms with Crippen molar-refractivity contribution >= 4 is 15.9 Å². The lowest BCUT2D eigenvalue weighted by atomic mass is 10.0. The maximum atomic E-state index is 13.1. The maximum absolute atomic E-state index is 13.1. The van der Waals surface area contributed by atoms with Crippen LogP contribution in [0.5, 0.6) is 5.75 Å². The summed E-state index contributed by atoms with van der Waals surface area (Å²) in [6.07, 6.45) is 1.62. The molecule has 3 rings (SSSR count). The smallest absolute Gasteiger partial charge is 0.254 e. The fourth-order valence-corrected chi connectivity index (χ4v) is 5.57. The Morgan fingerprint density at radius 3 is 2.52 bits per heavy atom. The highest BCUT2D eigenvalue weighted by Gasteiger charge is 2.35. The number of hydrogen-bond donors (Lipinski definition) is 0. The summed E-state index contributed by atoms with van der Waals surface area (Å²) >= 11 is 0. The number of carbonyl (C=O) groups excluding carboxylic acids is 1. The number of amides is 1. The largest absolute Gasteiger partial charge is 0.495 e. The lowest BCUT2D eigenvalue weighted by molar-refractivity contribution is -0.118. The lowest BCUT2D eigenvalue weighted by Gasteiger charge is -2.41. The van der Waals surface area contributed by atoms with Gasteiger partial charge in [0.1, 0.15) is 10.6 Å². The van der Waals surface area contributed by atoms with E-state index in [0.29, 0.717) is 31.7 Å². The number of ether oxygens (including phenoxy) is 2. The van der Waals surface area contributed by atoms with Gasteiger partial charge in [0.15, 0.2) is 0 Å². The van der Waals surface area contributed by atoms with Crippen LogP contribution in [0.1, 0.15) is 44.0 Å². The molecule has 2 fully saturated rings. The molecule has 1 amide bonds. The molecule has 2 heterocycles. The Balaban J connectivity index is 1.94. The zero-order valence-electron chi connectivity index (χ0n) is 16.4. The molecule has 0 spiro atoms. The van der Waals surface area contributed by atoms with Crippen molar-refractivity contribution in [3.05, 3.63) is 23.8 Å². The molecule has 1 unspecified atom stereocenters. The Hall–Kier alpha value is -1.64. The summed E-state index contributed by atoms with van der Waals surface area (Å²) in [5, 5.41) is 0. The molecular weight excluding hydrogens is 368 g/mol. The minimum absolute atomic E-state index is 0.0540. The van der Waals surface area contributed by atoms with Crippen LogP contribution in [0, 0.1) is 0 Å². The molecule has 0 aliphatic carbocycles. The molecule has 0 saturated carbocycles. The molecule has 2 aliphatic heterocycles. The van der Waals surface area contributed by atoms with E-state index in [2.05, 4.69) is 0 Å². The number of carbonyl (C=O) groups is 1. The molecule has 0 bridgehead atoms. The number of methoxy groups -OCH3 is 1. The molecule has 2 saturated heterocycles. The molecule has 7 nitrogen and oxygen atoms in total. The zero-order valence-corrected chi connectivity index (χ0v) is 17.2. The minimum Gasteiger partial charge on any atom is -0.495 e. The highest BCUT2D eigenvalue weighted by atomic mass is 32.2. The molecule has 0 aromatic heterocycles. The average Bonchev–Trinajstić information content (AvgIpc) is 3.14. The fraction of sp³-hybridized carbons (Fsp3) is 0.632. The van der Waals surface area contributed by atoms with Crippen molar-refractivity contribution in [3.63, 3.8) is 0 Å². The van der Waals surface area contributed by atoms with Gasteiger partial charge in [-0.1, -0.05) is 0 Å².